The summed E-state index contributed by atoms with van der Waals surface area (Å²) in [5, 5.41) is 9.63. The maximum absolute atomic E-state index is 14.7. The number of aryl methyl sites for hydroxylation is 1. The van der Waals surface area contributed by atoms with Gasteiger partial charge >= 0.3 is 0 Å². The topological polar surface area (TPSA) is 107 Å². The molecule has 8 nitrogen and oxygen atoms in total. The zero-order chi connectivity index (χ0) is 17.3. The molecule has 0 bridgehead atoms. The molecule has 4 N–H and O–H groups in total. The molecule has 1 aliphatic heterocycles. The molecule has 0 aliphatic carbocycles. The number of rotatable bonds is 6. The number of hydrogen-bond acceptors (Lipinski definition) is 6. The molecule has 9 heteroatoms. The molecule has 1 atom stereocenters. The summed E-state index contributed by atoms with van der Waals surface area (Å²) in [6.45, 7) is 0.772. The van der Waals surface area contributed by atoms with Crippen LogP contribution in [0.15, 0.2) is 12.4 Å². The van der Waals surface area contributed by atoms with Gasteiger partial charge in [0.15, 0.2) is 11.6 Å². The summed E-state index contributed by atoms with van der Waals surface area (Å²) in [6, 6.07) is -0.300. The maximum atomic E-state index is 14.7. The first kappa shape index (κ1) is 16.3. The molecule has 0 radical (unpaired) electrons. The minimum atomic E-state index is -0.541. The Balaban J connectivity index is 2.00. The molecule has 0 saturated carbocycles. The maximum Gasteiger partial charge on any atom is 0.254 e. The van der Waals surface area contributed by atoms with Crippen LogP contribution in [0.4, 0.5) is 10.2 Å². The van der Waals surface area contributed by atoms with Gasteiger partial charge in [0.1, 0.15) is 0 Å². The fourth-order valence-corrected chi connectivity index (χ4v) is 2.65. The average molecular weight is 334 g/mol. The Kier molecular flexibility index (Phi) is 4.45. The zero-order valence-electron chi connectivity index (χ0n) is 13.5. The van der Waals surface area contributed by atoms with Crippen molar-refractivity contribution in [1.29, 1.82) is 0 Å². The number of amides is 1. The molecule has 0 fully saturated rings. The van der Waals surface area contributed by atoms with E-state index in [2.05, 4.69) is 20.7 Å². The summed E-state index contributed by atoms with van der Waals surface area (Å²) in [7, 11) is 3.31. The van der Waals surface area contributed by atoms with Gasteiger partial charge in [0.25, 0.3) is 5.91 Å². The number of carbonyl (C=O) groups is 1. The van der Waals surface area contributed by atoms with Gasteiger partial charge in [-0.1, -0.05) is 0 Å². The second kappa shape index (κ2) is 6.54. The first-order valence-corrected chi connectivity index (χ1v) is 7.49. The number of aromatic nitrogens is 3. The van der Waals surface area contributed by atoms with E-state index in [0.717, 1.165) is 0 Å². The van der Waals surface area contributed by atoms with E-state index >= 15 is 0 Å². The number of hydrogen-bond donors (Lipinski definition) is 3. The molecular weight excluding hydrogens is 315 g/mol. The number of fused-ring (bicyclic) bond motifs is 1. The minimum Gasteiger partial charge on any atom is -0.383 e. The van der Waals surface area contributed by atoms with Crippen molar-refractivity contribution in [1.82, 2.24) is 20.1 Å². The number of pyridine rings is 1. The van der Waals surface area contributed by atoms with Crippen molar-refractivity contribution < 1.29 is 13.9 Å². The van der Waals surface area contributed by atoms with E-state index in [4.69, 9.17) is 10.5 Å². The van der Waals surface area contributed by atoms with Crippen LogP contribution in [0, 0.1) is 5.82 Å². The van der Waals surface area contributed by atoms with Crippen LogP contribution in [0.5, 0.6) is 0 Å². The molecule has 0 spiro atoms. The third-order valence-corrected chi connectivity index (χ3v) is 3.78. The van der Waals surface area contributed by atoms with Crippen molar-refractivity contribution in [2.45, 2.75) is 12.6 Å². The predicted molar refractivity (Wildman–Crippen MR) is 85.9 cm³/mol. The van der Waals surface area contributed by atoms with Gasteiger partial charge in [0.05, 0.1) is 24.1 Å². The molecule has 0 saturated heterocycles. The minimum absolute atomic E-state index is 0.0654. The normalized spacial score (nSPS) is 14.4. The van der Waals surface area contributed by atoms with E-state index in [1.807, 2.05) is 0 Å². The van der Waals surface area contributed by atoms with Crippen LogP contribution in [-0.4, -0.2) is 47.0 Å². The summed E-state index contributed by atoms with van der Waals surface area (Å²) < 4.78 is 21.2. The summed E-state index contributed by atoms with van der Waals surface area (Å²) in [6.07, 6.45) is 3.32. The Bertz CT molecular complexity index is 776. The van der Waals surface area contributed by atoms with E-state index in [0.29, 0.717) is 30.0 Å². The average Bonchev–Trinajstić information content (AvgIpc) is 3.14. The largest absolute Gasteiger partial charge is 0.383 e. The Morgan fingerprint density at radius 2 is 2.38 bits per heavy atom. The molecule has 0 aromatic carbocycles. The van der Waals surface area contributed by atoms with Crippen molar-refractivity contribution in [3.8, 4) is 11.3 Å². The number of nitrogens with one attached hydrogen (secondary N) is 2. The molecular formula is C15H19FN6O2. The van der Waals surface area contributed by atoms with Gasteiger partial charge in [0, 0.05) is 50.6 Å². The van der Waals surface area contributed by atoms with Gasteiger partial charge in [0.2, 0.25) is 0 Å². The number of nitrogens with two attached hydrogens (primary N) is 1. The number of nitrogens with zero attached hydrogens (tertiary/aromatic N) is 3. The van der Waals surface area contributed by atoms with Crippen LogP contribution >= 0.6 is 0 Å². The fourth-order valence-electron chi connectivity index (χ4n) is 2.65. The van der Waals surface area contributed by atoms with Crippen LogP contribution in [0.1, 0.15) is 15.9 Å². The summed E-state index contributed by atoms with van der Waals surface area (Å²) in [4.78, 5) is 16.4. The molecule has 24 heavy (non-hydrogen) atoms. The standard InChI is InChI=1S/C15H19FN6O2/c1-22-6-8(3-20-22)13-11-10(5-19-15(11)23)12(16)14(21-13)18-4-9(17)7-24-2/h3,6,9H,4-5,7,17H2,1-2H3,(H,18,21)(H,19,23)/t9-/m1/s1. The highest BCUT2D eigenvalue weighted by Crippen LogP contribution is 2.32. The lowest BCUT2D eigenvalue weighted by Crippen LogP contribution is -2.33. The van der Waals surface area contributed by atoms with Gasteiger partial charge < -0.3 is 21.1 Å². The molecule has 3 rings (SSSR count). The molecule has 1 aliphatic rings. The van der Waals surface area contributed by atoms with Crippen LogP contribution in [-0.2, 0) is 18.3 Å². The van der Waals surface area contributed by atoms with Crippen molar-refractivity contribution in [3.63, 3.8) is 0 Å². The number of methoxy groups -OCH3 is 1. The molecule has 2 aromatic rings. The van der Waals surface area contributed by atoms with Crippen molar-refractivity contribution in [2.75, 3.05) is 25.6 Å². The highest BCUT2D eigenvalue weighted by molar-refractivity contribution is 6.04. The predicted octanol–water partition coefficient (Wildman–Crippen LogP) is 0.250. The number of halogens is 1. The first-order valence-electron chi connectivity index (χ1n) is 7.49. The quantitative estimate of drug-likeness (QED) is 0.699. The van der Waals surface area contributed by atoms with E-state index in [9.17, 15) is 9.18 Å². The molecule has 128 valence electrons. The third kappa shape index (κ3) is 2.95. The lowest BCUT2D eigenvalue weighted by atomic mass is 10.0. The van der Waals surface area contributed by atoms with Gasteiger partial charge in [-0.05, 0) is 0 Å². The monoisotopic (exact) mass is 334 g/mol. The number of anilines is 1. The Hall–Kier alpha value is -2.52. The van der Waals surface area contributed by atoms with Crippen molar-refractivity contribution in [3.05, 3.63) is 29.3 Å². The van der Waals surface area contributed by atoms with E-state index in [1.54, 1.807) is 31.2 Å². The number of ether oxygens (including phenoxy) is 1. The van der Waals surface area contributed by atoms with E-state index < -0.39 is 5.82 Å². The molecule has 1 amide bonds. The van der Waals surface area contributed by atoms with Gasteiger partial charge in [-0.25, -0.2) is 9.37 Å². The lowest BCUT2D eigenvalue weighted by molar-refractivity contribution is 0.0966. The van der Waals surface area contributed by atoms with Gasteiger partial charge in [-0.3, -0.25) is 9.48 Å². The third-order valence-electron chi connectivity index (χ3n) is 3.78. The number of carbonyl (C=O) groups excluding carboxylic acids is 1. The molecule has 2 aromatic heterocycles. The van der Waals surface area contributed by atoms with Gasteiger partial charge in [-0.2, -0.15) is 5.10 Å². The Labute approximate surface area is 138 Å². The van der Waals surface area contributed by atoms with Crippen molar-refractivity contribution >= 4 is 11.7 Å². The molecule has 3 heterocycles. The Morgan fingerprint density at radius 3 is 3.04 bits per heavy atom. The first-order chi connectivity index (χ1) is 11.5. The zero-order valence-corrected chi connectivity index (χ0v) is 13.5. The van der Waals surface area contributed by atoms with E-state index in [-0.39, 0.29) is 29.9 Å². The summed E-state index contributed by atoms with van der Waals surface area (Å²) in [5.74, 6) is -0.811. The summed E-state index contributed by atoms with van der Waals surface area (Å²) >= 11 is 0. The SMILES string of the molecule is COC[C@H](N)CNc1nc(-c2cnn(C)c2)c2c(c1F)CNC2=O. The fraction of sp³-hybridized carbons (Fsp3) is 0.400. The van der Waals surface area contributed by atoms with Crippen LogP contribution < -0.4 is 16.4 Å². The lowest BCUT2D eigenvalue weighted by Gasteiger charge is -2.15. The summed E-state index contributed by atoms with van der Waals surface area (Å²) in [5.41, 5.74) is 7.46. The van der Waals surface area contributed by atoms with Crippen LogP contribution in [0.3, 0.4) is 0 Å². The van der Waals surface area contributed by atoms with E-state index in [1.165, 1.54) is 0 Å². The van der Waals surface area contributed by atoms with Gasteiger partial charge in [-0.15, -0.1) is 0 Å². The Morgan fingerprint density at radius 1 is 1.58 bits per heavy atom. The van der Waals surface area contributed by atoms with Crippen LogP contribution in [0.25, 0.3) is 11.3 Å². The van der Waals surface area contributed by atoms with Crippen LogP contribution in [0.2, 0.25) is 0 Å². The second-order valence-electron chi connectivity index (χ2n) is 5.66. The van der Waals surface area contributed by atoms with Crippen molar-refractivity contribution in [2.24, 2.45) is 12.8 Å². The highest BCUT2D eigenvalue weighted by Gasteiger charge is 2.30. The highest BCUT2D eigenvalue weighted by atomic mass is 19.1. The molecule has 0 unspecified atom stereocenters. The second-order valence-corrected chi connectivity index (χ2v) is 5.66. The smallest absolute Gasteiger partial charge is 0.254 e.